The van der Waals surface area contributed by atoms with Crippen molar-refractivity contribution >= 4 is 40.0 Å². The molecule has 0 spiro atoms. The number of aryl methyl sites for hydroxylation is 2. The summed E-state index contributed by atoms with van der Waals surface area (Å²) in [6, 6.07) is 7.13. The highest BCUT2D eigenvalue weighted by atomic mass is 32.2. The van der Waals surface area contributed by atoms with Crippen molar-refractivity contribution < 1.29 is 9.59 Å². The lowest BCUT2D eigenvalue weighted by atomic mass is 10.0. The highest BCUT2D eigenvalue weighted by Gasteiger charge is 2.25. The maximum Gasteiger partial charge on any atom is 0.251 e. The Labute approximate surface area is 189 Å². The highest BCUT2D eigenvalue weighted by molar-refractivity contribution is 7.99. The van der Waals surface area contributed by atoms with E-state index in [-0.39, 0.29) is 29.5 Å². The van der Waals surface area contributed by atoms with Gasteiger partial charge in [-0.05, 0) is 31.9 Å². The zero-order valence-electron chi connectivity index (χ0n) is 18.2. The fraction of sp³-hybridized carbons (Fsp3) is 0.381. The van der Waals surface area contributed by atoms with Crippen LogP contribution in [0.25, 0.3) is 0 Å². The van der Waals surface area contributed by atoms with Crippen LogP contribution in [0.2, 0.25) is 0 Å². The maximum atomic E-state index is 12.7. The third-order valence-corrected chi connectivity index (χ3v) is 6.46. The number of aromatic nitrogens is 4. The van der Waals surface area contributed by atoms with Gasteiger partial charge in [0.25, 0.3) is 5.91 Å². The van der Waals surface area contributed by atoms with Gasteiger partial charge in [-0.1, -0.05) is 43.3 Å². The molecule has 0 aliphatic heterocycles. The van der Waals surface area contributed by atoms with Crippen molar-refractivity contribution in [2.45, 2.75) is 38.9 Å². The molecule has 3 aromatic rings. The molecule has 0 aliphatic carbocycles. The first-order valence-corrected chi connectivity index (χ1v) is 11.7. The molecule has 1 aromatic carbocycles. The lowest BCUT2D eigenvalue weighted by Crippen LogP contribution is -2.33. The number of carbonyl (C=O) groups is 2. The van der Waals surface area contributed by atoms with Crippen LogP contribution in [-0.4, -0.2) is 37.3 Å². The second-order valence-electron chi connectivity index (χ2n) is 7.57. The number of amides is 2. The Morgan fingerprint density at radius 2 is 1.87 bits per heavy atom. The number of hydrogen-bond donors (Lipinski definition) is 2. The number of carbonyl (C=O) groups excluding carboxylic acids is 2. The van der Waals surface area contributed by atoms with E-state index in [4.69, 9.17) is 0 Å². The SMILES string of the molecule is Cc1ccc(C(=O)N[C@H](c2nnc(SCC(=O)Nc3ncc(C)s3)n2C)C(C)C)cc1. The summed E-state index contributed by atoms with van der Waals surface area (Å²) in [5.74, 6) is 0.624. The molecule has 31 heavy (non-hydrogen) atoms. The second-order valence-corrected chi connectivity index (χ2v) is 9.75. The molecule has 0 saturated carbocycles. The van der Waals surface area contributed by atoms with E-state index in [1.165, 1.54) is 23.1 Å². The number of anilines is 1. The number of nitrogens with one attached hydrogen (secondary N) is 2. The molecule has 2 aromatic heterocycles. The van der Waals surface area contributed by atoms with Gasteiger partial charge >= 0.3 is 0 Å². The van der Waals surface area contributed by atoms with E-state index < -0.39 is 0 Å². The fourth-order valence-electron chi connectivity index (χ4n) is 2.88. The molecule has 0 aliphatic rings. The normalized spacial score (nSPS) is 12.1. The molecular formula is C21H26N6O2S2. The first-order valence-electron chi connectivity index (χ1n) is 9.86. The van der Waals surface area contributed by atoms with E-state index in [1.807, 2.05) is 63.6 Å². The summed E-state index contributed by atoms with van der Waals surface area (Å²) in [5, 5.41) is 15.6. The summed E-state index contributed by atoms with van der Waals surface area (Å²) in [6.07, 6.45) is 1.72. The van der Waals surface area contributed by atoms with Crippen LogP contribution in [0.5, 0.6) is 0 Å². The highest BCUT2D eigenvalue weighted by Crippen LogP contribution is 2.25. The van der Waals surface area contributed by atoms with Crippen molar-refractivity contribution in [1.29, 1.82) is 0 Å². The van der Waals surface area contributed by atoms with Crippen LogP contribution < -0.4 is 10.6 Å². The molecule has 0 fully saturated rings. The van der Waals surface area contributed by atoms with Gasteiger partial charge < -0.3 is 15.2 Å². The molecule has 3 rings (SSSR count). The van der Waals surface area contributed by atoms with Crippen LogP contribution in [0.4, 0.5) is 5.13 Å². The smallest absolute Gasteiger partial charge is 0.251 e. The minimum atomic E-state index is -0.312. The molecule has 2 amide bonds. The molecule has 0 saturated heterocycles. The first-order chi connectivity index (χ1) is 14.7. The van der Waals surface area contributed by atoms with Crippen molar-refractivity contribution in [1.82, 2.24) is 25.1 Å². The molecule has 10 heteroatoms. The van der Waals surface area contributed by atoms with E-state index >= 15 is 0 Å². The van der Waals surface area contributed by atoms with E-state index in [1.54, 1.807) is 6.20 Å². The van der Waals surface area contributed by atoms with Crippen LogP contribution in [-0.2, 0) is 11.8 Å². The lowest BCUT2D eigenvalue weighted by Gasteiger charge is -2.21. The molecule has 0 bridgehead atoms. The third-order valence-electron chi connectivity index (χ3n) is 4.61. The minimum absolute atomic E-state index is 0.103. The van der Waals surface area contributed by atoms with Gasteiger partial charge in [0.15, 0.2) is 16.1 Å². The van der Waals surface area contributed by atoms with Crippen LogP contribution in [0.3, 0.4) is 0 Å². The molecule has 2 N–H and O–H groups in total. The topological polar surface area (TPSA) is 102 Å². The third kappa shape index (κ3) is 5.92. The monoisotopic (exact) mass is 458 g/mol. The van der Waals surface area contributed by atoms with Gasteiger partial charge in [-0.3, -0.25) is 9.59 Å². The molecule has 0 unspecified atom stereocenters. The van der Waals surface area contributed by atoms with Gasteiger partial charge in [0.05, 0.1) is 11.8 Å². The fourth-order valence-corrected chi connectivity index (χ4v) is 4.28. The molecule has 0 radical (unpaired) electrons. The lowest BCUT2D eigenvalue weighted by molar-refractivity contribution is -0.113. The first kappa shape index (κ1) is 23.0. The van der Waals surface area contributed by atoms with Crippen molar-refractivity contribution in [2.24, 2.45) is 13.0 Å². The zero-order valence-corrected chi connectivity index (χ0v) is 19.8. The van der Waals surface area contributed by atoms with Crippen LogP contribution in [0.1, 0.15) is 46.5 Å². The summed E-state index contributed by atoms with van der Waals surface area (Å²) in [4.78, 5) is 30.1. The van der Waals surface area contributed by atoms with E-state index in [0.717, 1.165) is 10.4 Å². The zero-order chi connectivity index (χ0) is 22.5. The quantitative estimate of drug-likeness (QED) is 0.499. The summed E-state index contributed by atoms with van der Waals surface area (Å²) < 4.78 is 1.82. The van der Waals surface area contributed by atoms with Gasteiger partial charge in [-0.2, -0.15) is 0 Å². The van der Waals surface area contributed by atoms with E-state index in [9.17, 15) is 9.59 Å². The van der Waals surface area contributed by atoms with Gasteiger partial charge in [0.1, 0.15) is 0 Å². The van der Waals surface area contributed by atoms with Crippen molar-refractivity contribution in [3.05, 3.63) is 52.3 Å². The largest absolute Gasteiger partial charge is 0.342 e. The predicted octanol–water partition coefficient (Wildman–Crippen LogP) is 3.75. The molecule has 8 nitrogen and oxygen atoms in total. The standard InChI is InChI=1S/C21H26N6O2S2/c1-12(2)17(24-19(29)15-8-6-13(3)7-9-15)18-25-26-21(27(18)5)30-11-16(28)23-20-22-10-14(4)31-20/h6-10,12,17H,11H2,1-5H3,(H,24,29)(H,22,23,28)/t17-/m0/s1. The Kier molecular flexibility index (Phi) is 7.45. The van der Waals surface area contributed by atoms with Crippen LogP contribution in [0, 0.1) is 19.8 Å². The van der Waals surface area contributed by atoms with Gasteiger partial charge in [0.2, 0.25) is 5.91 Å². The van der Waals surface area contributed by atoms with Gasteiger partial charge in [-0.25, -0.2) is 4.98 Å². The Morgan fingerprint density at radius 3 is 2.48 bits per heavy atom. The number of hydrogen-bond acceptors (Lipinski definition) is 7. The maximum absolute atomic E-state index is 12.7. The summed E-state index contributed by atoms with van der Waals surface area (Å²) in [5.41, 5.74) is 1.70. The predicted molar refractivity (Wildman–Crippen MR) is 123 cm³/mol. The molecule has 164 valence electrons. The van der Waals surface area contributed by atoms with E-state index in [0.29, 0.717) is 21.7 Å². The van der Waals surface area contributed by atoms with Crippen molar-refractivity contribution in [2.75, 3.05) is 11.1 Å². The molecular weight excluding hydrogens is 432 g/mol. The van der Waals surface area contributed by atoms with Crippen LogP contribution in [0.15, 0.2) is 35.6 Å². The number of benzene rings is 1. The summed E-state index contributed by atoms with van der Waals surface area (Å²) in [6.45, 7) is 7.96. The second kappa shape index (κ2) is 10.1. The number of thioether (sulfide) groups is 1. The summed E-state index contributed by atoms with van der Waals surface area (Å²) >= 11 is 2.72. The average molecular weight is 459 g/mol. The average Bonchev–Trinajstić information content (AvgIpc) is 3.29. The van der Waals surface area contributed by atoms with E-state index in [2.05, 4.69) is 25.8 Å². The number of nitrogens with zero attached hydrogens (tertiary/aromatic N) is 4. The number of thiazole rings is 1. The van der Waals surface area contributed by atoms with Crippen LogP contribution >= 0.6 is 23.1 Å². The Bertz CT molecular complexity index is 1060. The molecule has 2 heterocycles. The van der Waals surface area contributed by atoms with Crippen molar-refractivity contribution in [3.63, 3.8) is 0 Å². The minimum Gasteiger partial charge on any atom is -0.342 e. The Morgan fingerprint density at radius 1 is 1.16 bits per heavy atom. The molecule has 1 atom stereocenters. The van der Waals surface area contributed by atoms with Gasteiger partial charge in [0, 0.05) is 23.7 Å². The summed E-state index contributed by atoms with van der Waals surface area (Å²) in [7, 11) is 1.84. The Hall–Kier alpha value is -2.72. The number of rotatable bonds is 8. The van der Waals surface area contributed by atoms with Gasteiger partial charge in [-0.15, -0.1) is 21.5 Å². The van der Waals surface area contributed by atoms with Crippen molar-refractivity contribution in [3.8, 4) is 0 Å². The Balaban J connectivity index is 1.66.